The molecule has 0 aliphatic carbocycles. The van der Waals surface area contributed by atoms with Crippen molar-refractivity contribution in [2.45, 2.75) is 20.3 Å². The van der Waals surface area contributed by atoms with Gasteiger partial charge in [-0.15, -0.1) is 0 Å². The molecule has 1 aromatic carbocycles. The minimum absolute atomic E-state index is 0.725. The molecular formula is C14H15Br2N3. The number of benzene rings is 1. The van der Waals surface area contributed by atoms with Gasteiger partial charge in [0.2, 0.25) is 0 Å². The lowest BCUT2D eigenvalue weighted by molar-refractivity contribution is 0.963. The van der Waals surface area contributed by atoms with E-state index in [-0.39, 0.29) is 0 Å². The summed E-state index contributed by atoms with van der Waals surface area (Å²) >= 11 is 7.00. The summed E-state index contributed by atoms with van der Waals surface area (Å²) < 4.78 is 1.95. The molecule has 0 saturated heterocycles. The van der Waals surface area contributed by atoms with Gasteiger partial charge in [0, 0.05) is 22.8 Å². The number of anilines is 1. The topological polar surface area (TPSA) is 37.8 Å². The summed E-state index contributed by atoms with van der Waals surface area (Å²) in [5.74, 6) is 1.56. The van der Waals surface area contributed by atoms with Crippen molar-refractivity contribution >= 4 is 37.7 Å². The Bertz CT molecular complexity index is 585. The van der Waals surface area contributed by atoms with Crippen LogP contribution in [0.15, 0.2) is 33.3 Å². The summed E-state index contributed by atoms with van der Waals surface area (Å²) in [6.45, 7) is 5.08. The van der Waals surface area contributed by atoms with Crippen molar-refractivity contribution in [3.63, 3.8) is 0 Å². The molecule has 0 spiro atoms. The smallest absolute Gasteiger partial charge is 0.161 e. The lowest BCUT2D eigenvalue weighted by Gasteiger charge is -2.09. The fraction of sp³-hybridized carbons (Fsp3) is 0.286. The van der Waals surface area contributed by atoms with E-state index < -0.39 is 0 Å². The normalized spacial score (nSPS) is 10.5. The summed E-state index contributed by atoms with van der Waals surface area (Å²) in [6, 6.07) is 6.14. The second-order valence-corrected chi connectivity index (χ2v) is 5.99. The second-order valence-electron chi connectivity index (χ2n) is 4.28. The summed E-state index contributed by atoms with van der Waals surface area (Å²) in [5.41, 5.74) is 2.20. The number of halogens is 2. The summed E-state index contributed by atoms with van der Waals surface area (Å²) in [4.78, 5) is 8.93. The van der Waals surface area contributed by atoms with Crippen LogP contribution in [0.5, 0.6) is 0 Å². The van der Waals surface area contributed by atoms with Crippen molar-refractivity contribution in [1.82, 2.24) is 9.97 Å². The summed E-state index contributed by atoms with van der Waals surface area (Å²) in [6.07, 6.45) is 2.84. The highest BCUT2D eigenvalue weighted by atomic mass is 79.9. The SMILES string of the molecule is CCCNc1nc(-c2ccc(C)c(Br)c2)ncc1Br. The molecule has 0 radical (unpaired) electrons. The van der Waals surface area contributed by atoms with Gasteiger partial charge in [-0.25, -0.2) is 9.97 Å². The molecule has 2 rings (SSSR count). The predicted molar refractivity (Wildman–Crippen MR) is 86.4 cm³/mol. The van der Waals surface area contributed by atoms with Gasteiger partial charge in [-0.2, -0.15) is 0 Å². The monoisotopic (exact) mass is 383 g/mol. The minimum Gasteiger partial charge on any atom is -0.369 e. The van der Waals surface area contributed by atoms with Crippen LogP contribution in [0.3, 0.4) is 0 Å². The van der Waals surface area contributed by atoms with Crippen molar-refractivity contribution in [2.24, 2.45) is 0 Å². The molecule has 5 heteroatoms. The van der Waals surface area contributed by atoms with E-state index in [4.69, 9.17) is 0 Å². The Kier molecular flexibility index (Phi) is 4.93. The molecule has 0 unspecified atom stereocenters. The van der Waals surface area contributed by atoms with Gasteiger partial charge < -0.3 is 5.32 Å². The van der Waals surface area contributed by atoms with Gasteiger partial charge in [0.05, 0.1) is 4.47 Å². The van der Waals surface area contributed by atoms with Crippen molar-refractivity contribution in [3.8, 4) is 11.4 Å². The zero-order valence-electron chi connectivity index (χ0n) is 10.9. The molecule has 1 N–H and O–H groups in total. The third-order valence-corrected chi connectivity index (χ3v) is 4.15. The van der Waals surface area contributed by atoms with E-state index in [9.17, 15) is 0 Å². The predicted octanol–water partition coefficient (Wildman–Crippen LogP) is 4.80. The van der Waals surface area contributed by atoms with E-state index in [0.29, 0.717) is 0 Å². The number of hydrogen-bond donors (Lipinski definition) is 1. The van der Waals surface area contributed by atoms with Crippen LogP contribution in [0.1, 0.15) is 18.9 Å². The number of rotatable bonds is 4. The van der Waals surface area contributed by atoms with Gasteiger partial charge in [-0.05, 0) is 40.9 Å². The van der Waals surface area contributed by atoms with Crippen LogP contribution in [-0.4, -0.2) is 16.5 Å². The number of nitrogens with one attached hydrogen (secondary N) is 1. The average Bonchev–Trinajstić information content (AvgIpc) is 2.41. The lowest BCUT2D eigenvalue weighted by Crippen LogP contribution is -2.04. The Balaban J connectivity index is 2.36. The second kappa shape index (κ2) is 6.48. The largest absolute Gasteiger partial charge is 0.369 e. The Hall–Kier alpha value is -0.940. The molecule has 0 aliphatic rings. The van der Waals surface area contributed by atoms with Gasteiger partial charge in [0.15, 0.2) is 5.82 Å². The number of aromatic nitrogens is 2. The Morgan fingerprint density at radius 1 is 1.21 bits per heavy atom. The van der Waals surface area contributed by atoms with Crippen LogP contribution in [-0.2, 0) is 0 Å². The Morgan fingerprint density at radius 3 is 2.68 bits per heavy atom. The van der Waals surface area contributed by atoms with Crippen molar-refractivity contribution in [3.05, 3.63) is 38.9 Å². The summed E-state index contributed by atoms with van der Waals surface area (Å²) in [7, 11) is 0. The molecule has 1 heterocycles. The third kappa shape index (κ3) is 3.54. The molecule has 0 aliphatic heterocycles. The maximum atomic E-state index is 4.56. The first-order valence-corrected chi connectivity index (χ1v) is 7.73. The molecule has 3 nitrogen and oxygen atoms in total. The van der Waals surface area contributed by atoms with E-state index in [2.05, 4.69) is 67.1 Å². The number of aryl methyl sites for hydroxylation is 1. The third-order valence-electron chi connectivity index (χ3n) is 2.72. The highest BCUT2D eigenvalue weighted by Gasteiger charge is 2.07. The Labute approximate surface area is 130 Å². The highest BCUT2D eigenvalue weighted by molar-refractivity contribution is 9.10. The lowest BCUT2D eigenvalue weighted by atomic mass is 10.1. The van der Waals surface area contributed by atoms with Crippen molar-refractivity contribution in [2.75, 3.05) is 11.9 Å². The van der Waals surface area contributed by atoms with Gasteiger partial charge in [-0.1, -0.05) is 35.0 Å². The van der Waals surface area contributed by atoms with Crippen LogP contribution >= 0.6 is 31.9 Å². The molecule has 19 heavy (non-hydrogen) atoms. The zero-order chi connectivity index (χ0) is 13.8. The van der Waals surface area contributed by atoms with Crippen LogP contribution in [0, 0.1) is 6.92 Å². The van der Waals surface area contributed by atoms with Gasteiger partial charge in [-0.3, -0.25) is 0 Å². The van der Waals surface area contributed by atoms with E-state index in [1.54, 1.807) is 6.20 Å². The fourth-order valence-electron chi connectivity index (χ4n) is 1.61. The molecule has 1 aromatic heterocycles. The fourth-order valence-corrected chi connectivity index (χ4v) is 2.32. The molecule has 2 aromatic rings. The summed E-state index contributed by atoms with van der Waals surface area (Å²) in [5, 5.41) is 3.29. The van der Waals surface area contributed by atoms with Crippen LogP contribution in [0.25, 0.3) is 11.4 Å². The Morgan fingerprint density at radius 2 is 2.00 bits per heavy atom. The first kappa shape index (κ1) is 14.5. The molecule has 0 saturated carbocycles. The van der Waals surface area contributed by atoms with Gasteiger partial charge in [0.25, 0.3) is 0 Å². The van der Waals surface area contributed by atoms with Crippen molar-refractivity contribution < 1.29 is 0 Å². The first-order chi connectivity index (χ1) is 9.11. The van der Waals surface area contributed by atoms with E-state index in [1.165, 1.54) is 5.56 Å². The van der Waals surface area contributed by atoms with Crippen molar-refractivity contribution in [1.29, 1.82) is 0 Å². The van der Waals surface area contributed by atoms with Crippen LogP contribution in [0.4, 0.5) is 5.82 Å². The highest BCUT2D eigenvalue weighted by Crippen LogP contribution is 2.26. The maximum Gasteiger partial charge on any atom is 0.161 e. The molecule has 100 valence electrons. The molecule has 0 amide bonds. The first-order valence-electron chi connectivity index (χ1n) is 6.14. The molecule has 0 atom stereocenters. The van der Waals surface area contributed by atoms with Gasteiger partial charge in [0.1, 0.15) is 5.82 Å². The van der Waals surface area contributed by atoms with Gasteiger partial charge >= 0.3 is 0 Å². The number of nitrogens with zero attached hydrogens (tertiary/aromatic N) is 2. The van der Waals surface area contributed by atoms with E-state index in [1.807, 2.05) is 12.1 Å². The average molecular weight is 385 g/mol. The van der Waals surface area contributed by atoms with Crippen LogP contribution in [0.2, 0.25) is 0 Å². The molecule has 0 bridgehead atoms. The standard InChI is InChI=1S/C14H15Br2N3/c1-3-6-17-14-12(16)8-18-13(19-14)10-5-4-9(2)11(15)7-10/h4-5,7-8H,3,6H2,1-2H3,(H,17,18,19). The quantitative estimate of drug-likeness (QED) is 0.822. The number of hydrogen-bond acceptors (Lipinski definition) is 3. The zero-order valence-corrected chi connectivity index (χ0v) is 14.0. The molecular weight excluding hydrogens is 370 g/mol. The maximum absolute atomic E-state index is 4.56. The molecule has 0 fully saturated rings. The van der Waals surface area contributed by atoms with E-state index in [0.717, 1.165) is 39.1 Å². The minimum atomic E-state index is 0.725. The van der Waals surface area contributed by atoms with E-state index >= 15 is 0 Å². The van der Waals surface area contributed by atoms with Crippen LogP contribution < -0.4 is 5.32 Å².